The number of hydrogen-bond acceptors (Lipinski definition) is 5. The molecular formula is C9H14ClN3S2. The minimum absolute atomic E-state index is 0.506. The van der Waals surface area contributed by atoms with Crippen LogP contribution in [0.2, 0.25) is 5.15 Å². The van der Waals surface area contributed by atoms with E-state index in [9.17, 15) is 0 Å². The Balaban J connectivity index is 1.85. The molecule has 1 aromatic heterocycles. The van der Waals surface area contributed by atoms with Crippen LogP contribution in [0, 0.1) is 0 Å². The Kier molecular flexibility index (Phi) is 4.11. The summed E-state index contributed by atoms with van der Waals surface area (Å²) in [5.74, 6) is 1.96. The number of rotatable bonds is 4. The van der Waals surface area contributed by atoms with E-state index in [0.717, 1.165) is 22.8 Å². The van der Waals surface area contributed by atoms with Crippen LogP contribution >= 0.6 is 35.1 Å². The van der Waals surface area contributed by atoms with Gasteiger partial charge in [0.15, 0.2) is 11.0 Å². The Morgan fingerprint density at radius 3 is 3.07 bits per heavy atom. The van der Waals surface area contributed by atoms with Gasteiger partial charge in [0, 0.05) is 11.3 Å². The fraction of sp³-hybridized carbons (Fsp3) is 0.778. The fourth-order valence-corrected chi connectivity index (χ4v) is 3.72. The molecule has 2 atom stereocenters. The first-order valence-corrected chi connectivity index (χ1v) is 7.31. The average Bonchev–Trinajstić information content (AvgIpc) is 2.79. The van der Waals surface area contributed by atoms with Crippen LogP contribution in [0.15, 0.2) is 0 Å². The smallest absolute Gasteiger partial charge is 0.186 e. The molecule has 3 nitrogen and oxygen atoms in total. The van der Waals surface area contributed by atoms with E-state index < -0.39 is 0 Å². The van der Waals surface area contributed by atoms with Gasteiger partial charge < -0.3 is 5.32 Å². The Morgan fingerprint density at radius 1 is 1.53 bits per heavy atom. The monoisotopic (exact) mass is 263 g/mol. The minimum atomic E-state index is 0.506. The molecule has 1 aliphatic rings. The van der Waals surface area contributed by atoms with Crippen LogP contribution in [-0.4, -0.2) is 25.8 Å². The number of anilines is 1. The Hall–Kier alpha value is -0.0000000000000000555. The highest BCUT2D eigenvalue weighted by atomic mass is 35.5. The maximum atomic E-state index is 5.88. The molecule has 1 fully saturated rings. The maximum Gasteiger partial charge on any atom is 0.186 e. The van der Waals surface area contributed by atoms with Crippen molar-refractivity contribution in [2.45, 2.75) is 37.5 Å². The molecule has 84 valence electrons. The van der Waals surface area contributed by atoms with Gasteiger partial charge in [0.2, 0.25) is 0 Å². The van der Waals surface area contributed by atoms with Gasteiger partial charge in [-0.15, -0.1) is 0 Å². The van der Waals surface area contributed by atoms with Crippen molar-refractivity contribution in [3.8, 4) is 0 Å². The van der Waals surface area contributed by atoms with Crippen molar-refractivity contribution in [1.82, 2.24) is 8.75 Å². The van der Waals surface area contributed by atoms with Crippen molar-refractivity contribution in [3.63, 3.8) is 0 Å². The predicted molar refractivity (Wildman–Crippen MR) is 68.1 cm³/mol. The maximum absolute atomic E-state index is 5.88. The van der Waals surface area contributed by atoms with Gasteiger partial charge in [-0.1, -0.05) is 18.5 Å². The van der Waals surface area contributed by atoms with Gasteiger partial charge >= 0.3 is 0 Å². The van der Waals surface area contributed by atoms with Crippen LogP contribution < -0.4 is 5.32 Å². The molecular weight excluding hydrogens is 250 g/mol. The number of thioether (sulfide) groups is 1. The lowest BCUT2D eigenvalue weighted by molar-refractivity contribution is 0.754. The highest BCUT2D eigenvalue weighted by Crippen LogP contribution is 2.32. The van der Waals surface area contributed by atoms with E-state index in [1.54, 1.807) is 0 Å². The van der Waals surface area contributed by atoms with Gasteiger partial charge in [-0.3, -0.25) is 0 Å². The molecule has 2 rings (SSSR count). The quantitative estimate of drug-likeness (QED) is 0.905. The fourth-order valence-electron chi connectivity index (χ4n) is 1.92. The first kappa shape index (κ1) is 11.5. The normalized spacial score (nSPS) is 25.7. The summed E-state index contributed by atoms with van der Waals surface area (Å²) >= 11 is 9.10. The van der Waals surface area contributed by atoms with E-state index >= 15 is 0 Å². The van der Waals surface area contributed by atoms with Gasteiger partial charge in [0.1, 0.15) is 0 Å². The lowest BCUT2D eigenvalue weighted by atomic mass is 10.2. The molecule has 1 aliphatic carbocycles. The third-order valence-electron chi connectivity index (χ3n) is 2.58. The lowest BCUT2D eigenvalue weighted by Gasteiger charge is -2.11. The Bertz CT molecular complexity index is 318. The summed E-state index contributed by atoms with van der Waals surface area (Å²) in [6, 6.07) is 0.524. The molecule has 1 saturated carbocycles. The second kappa shape index (κ2) is 5.37. The lowest BCUT2D eigenvalue weighted by Crippen LogP contribution is -2.16. The number of nitrogens with one attached hydrogen (secondary N) is 1. The first-order chi connectivity index (χ1) is 7.29. The van der Waals surface area contributed by atoms with Crippen LogP contribution in [0.3, 0.4) is 0 Å². The van der Waals surface area contributed by atoms with E-state index in [-0.39, 0.29) is 0 Å². The summed E-state index contributed by atoms with van der Waals surface area (Å²) in [7, 11) is 0. The zero-order valence-corrected chi connectivity index (χ0v) is 11.0. The van der Waals surface area contributed by atoms with Crippen molar-refractivity contribution < 1.29 is 0 Å². The molecule has 6 heteroatoms. The molecule has 0 saturated heterocycles. The van der Waals surface area contributed by atoms with Gasteiger partial charge in [-0.05, 0) is 25.0 Å². The number of aromatic nitrogens is 2. The second-order valence-corrected chi connectivity index (χ2v) is 6.10. The SMILES string of the molecule is CCSC1CCC(Nc2nsnc2Cl)C1. The van der Waals surface area contributed by atoms with Gasteiger partial charge in [-0.2, -0.15) is 20.5 Å². The zero-order valence-electron chi connectivity index (χ0n) is 8.57. The topological polar surface area (TPSA) is 37.8 Å². The van der Waals surface area contributed by atoms with Crippen LogP contribution in [0.5, 0.6) is 0 Å². The van der Waals surface area contributed by atoms with Crippen molar-refractivity contribution in [3.05, 3.63) is 5.15 Å². The second-order valence-electron chi connectivity index (χ2n) is 3.64. The van der Waals surface area contributed by atoms with E-state index in [1.807, 2.05) is 0 Å². The molecule has 1 heterocycles. The molecule has 2 unspecified atom stereocenters. The summed E-state index contributed by atoms with van der Waals surface area (Å²) in [5.41, 5.74) is 0. The van der Waals surface area contributed by atoms with Crippen LogP contribution in [0.1, 0.15) is 26.2 Å². The van der Waals surface area contributed by atoms with E-state index in [1.165, 1.54) is 25.0 Å². The average molecular weight is 264 g/mol. The van der Waals surface area contributed by atoms with Crippen molar-refractivity contribution in [1.29, 1.82) is 0 Å². The summed E-state index contributed by atoms with van der Waals surface area (Å²) in [6.07, 6.45) is 3.73. The largest absolute Gasteiger partial charge is 0.364 e. The number of halogens is 1. The third kappa shape index (κ3) is 2.98. The minimum Gasteiger partial charge on any atom is -0.364 e. The third-order valence-corrected chi connectivity index (χ3v) is 4.70. The summed E-state index contributed by atoms with van der Waals surface area (Å²) in [4.78, 5) is 0. The van der Waals surface area contributed by atoms with Crippen LogP contribution in [0.25, 0.3) is 0 Å². The predicted octanol–water partition coefficient (Wildman–Crippen LogP) is 3.28. The summed E-state index contributed by atoms with van der Waals surface area (Å²) < 4.78 is 8.07. The first-order valence-electron chi connectivity index (χ1n) is 5.15. The van der Waals surface area contributed by atoms with Crippen LogP contribution in [-0.2, 0) is 0 Å². The molecule has 0 amide bonds. The van der Waals surface area contributed by atoms with Gasteiger partial charge in [-0.25, -0.2) is 0 Å². The van der Waals surface area contributed by atoms with Crippen molar-refractivity contribution in [2.75, 3.05) is 11.1 Å². The number of hydrogen-bond donors (Lipinski definition) is 1. The zero-order chi connectivity index (χ0) is 10.7. The molecule has 0 bridgehead atoms. The Morgan fingerprint density at radius 2 is 2.40 bits per heavy atom. The van der Waals surface area contributed by atoms with Gasteiger partial charge in [0.25, 0.3) is 0 Å². The van der Waals surface area contributed by atoms with E-state index in [2.05, 4.69) is 32.7 Å². The Labute approximate surface area is 103 Å². The molecule has 0 aliphatic heterocycles. The number of nitrogens with zero attached hydrogens (tertiary/aromatic N) is 2. The summed E-state index contributed by atoms with van der Waals surface area (Å²) in [6.45, 7) is 2.21. The molecule has 0 radical (unpaired) electrons. The standard InChI is InChI=1S/C9H14ClN3S2/c1-2-14-7-4-3-6(5-7)11-9-8(10)12-15-13-9/h6-7H,2-5H2,1H3,(H,11,13). The molecule has 0 aromatic carbocycles. The molecule has 0 spiro atoms. The van der Waals surface area contributed by atoms with Crippen molar-refractivity contribution >= 4 is 40.9 Å². The molecule has 15 heavy (non-hydrogen) atoms. The molecule has 1 N–H and O–H groups in total. The highest BCUT2D eigenvalue weighted by Gasteiger charge is 2.25. The van der Waals surface area contributed by atoms with E-state index in [0.29, 0.717) is 11.2 Å². The van der Waals surface area contributed by atoms with Gasteiger partial charge in [0.05, 0.1) is 11.7 Å². The highest BCUT2D eigenvalue weighted by molar-refractivity contribution is 7.99. The van der Waals surface area contributed by atoms with Crippen LogP contribution in [0.4, 0.5) is 5.82 Å². The van der Waals surface area contributed by atoms with E-state index in [4.69, 9.17) is 11.6 Å². The van der Waals surface area contributed by atoms with Crippen molar-refractivity contribution in [2.24, 2.45) is 0 Å². The molecule has 1 aromatic rings. The summed E-state index contributed by atoms with van der Waals surface area (Å²) in [5, 5.41) is 4.68.